The van der Waals surface area contributed by atoms with E-state index in [4.69, 9.17) is 24.9 Å². The second-order valence-corrected chi connectivity index (χ2v) is 15.7. The van der Waals surface area contributed by atoms with E-state index in [1.807, 2.05) is 47.5 Å². The zero-order valence-corrected chi connectivity index (χ0v) is 32.0. The topological polar surface area (TPSA) is 180 Å². The summed E-state index contributed by atoms with van der Waals surface area (Å²) in [5, 5.41) is 7.25. The zero-order chi connectivity index (χ0) is 38.5. The number of nitrogens with two attached hydrogens (primary N) is 1. The Morgan fingerprint density at radius 1 is 0.981 bits per heavy atom. The van der Waals surface area contributed by atoms with Crippen LogP contribution in [0.25, 0.3) is 10.9 Å². The molecular formula is C40H54N8O6. The van der Waals surface area contributed by atoms with Crippen molar-refractivity contribution in [1.82, 2.24) is 35.4 Å². The smallest absolute Gasteiger partial charge is 0.329 e. The number of carbonyl (C=O) groups excluding carboxylic acids is 3. The van der Waals surface area contributed by atoms with Crippen LogP contribution in [0.1, 0.15) is 82.6 Å². The molecule has 0 saturated carbocycles. The van der Waals surface area contributed by atoms with E-state index in [-0.39, 0.29) is 18.7 Å². The van der Waals surface area contributed by atoms with Gasteiger partial charge >= 0.3 is 12.0 Å². The summed E-state index contributed by atoms with van der Waals surface area (Å²) in [6.45, 7) is 13.0. The first-order chi connectivity index (χ1) is 25.8. The number of hydrogen-bond acceptors (Lipinski definition) is 9. The molecule has 6 rings (SSSR count). The minimum absolute atomic E-state index is 0.185. The van der Waals surface area contributed by atoms with Gasteiger partial charge in [-0.1, -0.05) is 24.3 Å². The number of urea groups is 1. The average Bonchev–Trinajstić information content (AvgIpc) is 3.91. The van der Waals surface area contributed by atoms with Gasteiger partial charge in [0.05, 0.1) is 11.5 Å². The number of ether oxygens (including phenoxy) is 3. The molecule has 2 aliphatic heterocycles. The van der Waals surface area contributed by atoms with Crippen LogP contribution >= 0.6 is 0 Å². The lowest BCUT2D eigenvalue weighted by Gasteiger charge is -2.35. The van der Waals surface area contributed by atoms with Gasteiger partial charge in [0.25, 0.3) is 0 Å². The van der Waals surface area contributed by atoms with Crippen molar-refractivity contribution >= 4 is 28.8 Å². The number of aromatic amines is 2. The van der Waals surface area contributed by atoms with Gasteiger partial charge in [0.1, 0.15) is 17.5 Å². The number of carbonyl (C=O) groups is 3. The highest BCUT2D eigenvalue weighted by atomic mass is 16.7. The van der Waals surface area contributed by atoms with Gasteiger partial charge in [0, 0.05) is 68.1 Å². The fourth-order valence-electron chi connectivity index (χ4n) is 6.79. The Morgan fingerprint density at radius 2 is 1.74 bits per heavy atom. The second kappa shape index (κ2) is 16.5. The summed E-state index contributed by atoms with van der Waals surface area (Å²) in [4.78, 5) is 56.4. The first kappa shape index (κ1) is 38.6. The van der Waals surface area contributed by atoms with Gasteiger partial charge in [-0.05, 0) is 89.8 Å². The predicted octanol–water partition coefficient (Wildman–Crippen LogP) is 4.66. The number of benzene rings is 2. The molecule has 1 fully saturated rings. The molecule has 2 atom stereocenters. The summed E-state index contributed by atoms with van der Waals surface area (Å²) in [5.41, 5.74) is 7.61. The van der Waals surface area contributed by atoms with E-state index in [1.54, 1.807) is 40.8 Å². The third-order valence-corrected chi connectivity index (χ3v) is 10.0. The molecule has 2 aromatic carbocycles. The maximum absolute atomic E-state index is 13.9. The summed E-state index contributed by atoms with van der Waals surface area (Å²) in [6.07, 6.45) is 5.85. The minimum atomic E-state index is -1.09. The van der Waals surface area contributed by atoms with Crippen LogP contribution in [0.5, 0.6) is 11.5 Å². The van der Waals surface area contributed by atoms with Gasteiger partial charge < -0.3 is 45.4 Å². The largest absolute Gasteiger partial charge is 0.458 e. The van der Waals surface area contributed by atoms with E-state index in [0.717, 1.165) is 59.6 Å². The quantitative estimate of drug-likeness (QED) is 0.0907. The minimum Gasteiger partial charge on any atom is -0.458 e. The van der Waals surface area contributed by atoms with Crippen LogP contribution in [0, 0.1) is 0 Å². The van der Waals surface area contributed by atoms with E-state index < -0.39 is 29.1 Å². The molecule has 4 heterocycles. The van der Waals surface area contributed by atoms with Crippen LogP contribution < -0.4 is 25.8 Å². The normalized spacial score (nSPS) is 15.9. The number of esters is 1. The lowest BCUT2D eigenvalue weighted by molar-refractivity contribution is -0.159. The predicted molar refractivity (Wildman–Crippen MR) is 205 cm³/mol. The summed E-state index contributed by atoms with van der Waals surface area (Å²) in [7, 11) is 0. The first-order valence-electron chi connectivity index (χ1n) is 18.8. The van der Waals surface area contributed by atoms with Crippen molar-refractivity contribution in [2.24, 2.45) is 5.73 Å². The Kier molecular flexibility index (Phi) is 11.8. The molecule has 3 amide bonds. The number of H-pyrrole nitrogens is 2. The maximum Gasteiger partial charge on any atom is 0.329 e. The fourth-order valence-corrected chi connectivity index (χ4v) is 6.79. The van der Waals surface area contributed by atoms with E-state index in [0.29, 0.717) is 50.4 Å². The van der Waals surface area contributed by atoms with Gasteiger partial charge in [-0.15, -0.1) is 0 Å². The first-order valence-corrected chi connectivity index (χ1v) is 18.8. The number of rotatable bonds is 14. The number of amides is 3. The van der Waals surface area contributed by atoms with Gasteiger partial charge in [0.2, 0.25) is 12.7 Å². The van der Waals surface area contributed by atoms with Gasteiger partial charge in [-0.3, -0.25) is 9.69 Å². The fraction of sp³-hybridized carbons (Fsp3) is 0.500. The molecule has 0 bridgehead atoms. The van der Waals surface area contributed by atoms with Gasteiger partial charge in [0.15, 0.2) is 11.5 Å². The van der Waals surface area contributed by atoms with E-state index in [1.165, 1.54) is 0 Å². The van der Waals surface area contributed by atoms with Crippen LogP contribution in [0.15, 0.2) is 54.9 Å². The van der Waals surface area contributed by atoms with Crippen LogP contribution in [0.2, 0.25) is 0 Å². The molecule has 54 heavy (non-hydrogen) atoms. The Morgan fingerprint density at radius 3 is 2.50 bits per heavy atom. The molecule has 2 unspecified atom stereocenters. The Balaban J connectivity index is 1.15. The highest BCUT2D eigenvalue weighted by Crippen LogP contribution is 2.33. The third-order valence-electron chi connectivity index (χ3n) is 10.0. The monoisotopic (exact) mass is 742 g/mol. The molecule has 6 N–H and O–H groups in total. The summed E-state index contributed by atoms with van der Waals surface area (Å²) in [5.74, 6) is 1.22. The molecule has 4 aromatic rings. The second-order valence-electron chi connectivity index (χ2n) is 15.7. The van der Waals surface area contributed by atoms with Crippen molar-refractivity contribution in [3.05, 3.63) is 77.5 Å². The third kappa shape index (κ3) is 9.34. The van der Waals surface area contributed by atoms with Crippen LogP contribution in [0.3, 0.4) is 0 Å². The van der Waals surface area contributed by atoms with Crippen LogP contribution in [0.4, 0.5) is 4.79 Å². The number of fused-ring (bicyclic) bond motifs is 2. The van der Waals surface area contributed by atoms with E-state index in [2.05, 4.69) is 31.6 Å². The molecule has 0 aliphatic carbocycles. The van der Waals surface area contributed by atoms with Gasteiger partial charge in [-0.2, -0.15) is 0 Å². The Labute approximate surface area is 316 Å². The van der Waals surface area contributed by atoms with Crippen molar-refractivity contribution in [2.45, 2.75) is 89.9 Å². The molecule has 14 heteroatoms. The molecule has 0 radical (unpaired) electrons. The number of nitrogens with zero attached hydrogens (tertiary/aromatic N) is 3. The van der Waals surface area contributed by atoms with E-state index in [9.17, 15) is 14.4 Å². The molecule has 2 aromatic heterocycles. The number of imidazole rings is 1. The zero-order valence-electron chi connectivity index (χ0n) is 32.0. The Hall–Kier alpha value is -5.08. The summed E-state index contributed by atoms with van der Waals surface area (Å²) in [6, 6.07) is 12.5. The Bertz CT molecular complexity index is 1920. The molecule has 0 spiro atoms. The SMILES string of the molecule is CC(C)(C)OC(=O)C(CCCCN)NC(=O)C(C)(C)c1cnc(C(Cc2c[nH]c3ccccc23)NC(=O)N2CCN(Cc3ccc4c(c3)OCO4)CC2)[nH]1. The number of piperazine rings is 1. The molecule has 14 nitrogen and oxygen atoms in total. The summed E-state index contributed by atoms with van der Waals surface area (Å²) >= 11 is 0. The molecule has 2 aliphatic rings. The van der Waals surface area contributed by atoms with Crippen molar-refractivity contribution in [1.29, 1.82) is 0 Å². The molecular weight excluding hydrogens is 688 g/mol. The number of para-hydroxylation sites is 1. The number of aromatic nitrogens is 3. The van der Waals surface area contributed by atoms with Crippen molar-refractivity contribution in [3.8, 4) is 11.5 Å². The van der Waals surface area contributed by atoms with Crippen LogP contribution in [-0.4, -0.2) is 93.8 Å². The van der Waals surface area contributed by atoms with Gasteiger partial charge in [-0.25, -0.2) is 14.6 Å². The van der Waals surface area contributed by atoms with Crippen LogP contribution in [-0.2, 0) is 32.7 Å². The summed E-state index contributed by atoms with van der Waals surface area (Å²) < 4.78 is 16.6. The standard InChI is InChI=1S/C40H54N8O6/c1-39(2,3)54-36(49)30(12-8-9-15-41)44-37(50)40(4,5)34-23-43-35(46-34)31(21-27-22-42-29-11-7-6-10-28(27)29)45-38(51)48-18-16-47(17-19-48)24-26-13-14-32-33(20-26)53-25-52-32/h6-7,10-11,13-14,20,22-23,30-31,42H,8-9,12,15-19,21,24-25,41H2,1-5H3,(H,43,46)(H,44,50)(H,45,51). The average molecular weight is 743 g/mol. The number of unbranched alkanes of at least 4 members (excludes halogenated alkanes) is 1. The van der Waals surface area contributed by atoms with E-state index >= 15 is 0 Å². The lowest BCUT2D eigenvalue weighted by Crippen LogP contribution is -2.52. The highest BCUT2D eigenvalue weighted by molar-refractivity contribution is 5.91. The lowest BCUT2D eigenvalue weighted by atomic mass is 9.88. The number of hydrogen-bond donors (Lipinski definition) is 5. The molecule has 290 valence electrons. The van der Waals surface area contributed by atoms with Crippen molar-refractivity contribution < 1.29 is 28.6 Å². The van der Waals surface area contributed by atoms with Crippen molar-refractivity contribution in [2.75, 3.05) is 39.5 Å². The highest BCUT2D eigenvalue weighted by Gasteiger charge is 2.37. The number of nitrogens with one attached hydrogen (secondary N) is 4. The maximum atomic E-state index is 13.9. The molecule has 1 saturated heterocycles. The van der Waals surface area contributed by atoms with Crippen molar-refractivity contribution in [3.63, 3.8) is 0 Å².